The van der Waals surface area contributed by atoms with Crippen molar-refractivity contribution in [2.45, 2.75) is 18.4 Å². The number of nitrogens with one attached hydrogen (secondary N) is 1. The van der Waals surface area contributed by atoms with E-state index in [-0.39, 0.29) is 23.7 Å². The van der Waals surface area contributed by atoms with Gasteiger partial charge >= 0.3 is 0 Å². The van der Waals surface area contributed by atoms with E-state index in [4.69, 9.17) is 16.3 Å². The Kier molecular flexibility index (Phi) is 3.53. The molecular formula is C19H17ClFNO. The number of methoxy groups -OCH3 is 1. The molecule has 118 valence electrons. The molecule has 2 nitrogen and oxygen atoms in total. The van der Waals surface area contributed by atoms with Crippen LogP contribution in [0.1, 0.15) is 29.5 Å². The summed E-state index contributed by atoms with van der Waals surface area (Å²) >= 11 is 6.46. The van der Waals surface area contributed by atoms with E-state index < -0.39 is 0 Å². The second-order valence-corrected chi connectivity index (χ2v) is 6.44. The highest BCUT2D eigenvalue weighted by molar-refractivity contribution is 6.32. The minimum atomic E-state index is -0.180. The van der Waals surface area contributed by atoms with Gasteiger partial charge in [-0.05, 0) is 30.5 Å². The van der Waals surface area contributed by atoms with Crippen molar-refractivity contribution in [3.05, 3.63) is 70.5 Å². The van der Waals surface area contributed by atoms with E-state index in [1.807, 2.05) is 24.3 Å². The smallest absolute Gasteiger partial charge is 0.142 e. The highest BCUT2D eigenvalue weighted by atomic mass is 35.5. The molecule has 2 aromatic carbocycles. The second-order valence-electron chi connectivity index (χ2n) is 6.04. The van der Waals surface area contributed by atoms with Crippen LogP contribution in [0.5, 0.6) is 5.75 Å². The van der Waals surface area contributed by atoms with Crippen LogP contribution in [0, 0.1) is 11.7 Å². The highest BCUT2D eigenvalue weighted by Crippen LogP contribution is 2.54. The molecule has 4 rings (SSSR count). The van der Waals surface area contributed by atoms with Gasteiger partial charge in [-0.25, -0.2) is 4.39 Å². The highest BCUT2D eigenvalue weighted by Gasteiger charge is 2.41. The zero-order chi connectivity index (χ0) is 16.0. The second kappa shape index (κ2) is 5.57. The van der Waals surface area contributed by atoms with Gasteiger partial charge < -0.3 is 10.1 Å². The van der Waals surface area contributed by atoms with Crippen molar-refractivity contribution < 1.29 is 9.13 Å². The van der Waals surface area contributed by atoms with E-state index in [0.29, 0.717) is 5.56 Å². The van der Waals surface area contributed by atoms with Gasteiger partial charge in [-0.2, -0.15) is 0 Å². The van der Waals surface area contributed by atoms with Crippen LogP contribution in [0.3, 0.4) is 0 Å². The Bertz CT molecular complexity index is 789. The molecule has 1 aliphatic heterocycles. The Balaban J connectivity index is 1.88. The lowest BCUT2D eigenvalue weighted by atomic mass is 9.76. The van der Waals surface area contributed by atoms with Gasteiger partial charge in [0.2, 0.25) is 0 Å². The summed E-state index contributed by atoms with van der Waals surface area (Å²) in [5, 5.41) is 4.22. The molecule has 0 saturated heterocycles. The van der Waals surface area contributed by atoms with Gasteiger partial charge in [-0.1, -0.05) is 42.0 Å². The van der Waals surface area contributed by atoms with Crippen LogP contribution in [0.2, 0.25) is 5.02 Å². The van der Waals surface area contributed by atoms with Gasteiger partial charge in [0.15, 0.2) is 0 Å². The fourth-order valence-corrected chi connectivity index (χ4v) is 4.13. The van der Waals surface area contributed by atoms with E-state index in [0.717, 1.165) is 28.4 Å². The molecule has 1 N–H and O–H groups in total. The SMILES string of the molecule is COc1ccc(Cl)c2c1N[C@H](c1ccccc1F)C1CC=CC21. The Labute approximate surface area is 139 Å². The predicted molar refractivity (Wildman–Crippen MR) is 90.8 cm³/mol. The number of fused-ring (bicyclic) bond motifs is 3. The quantitative estimate of drug-likeness (QED) is 0.753. The summed E-state index contributed by atoms with van der Waals surface area (Å²) in [5.74, 6) is 0.993. The lowest BCUT2D eigenvalue weighted by Crippen LogP contribution is -2.30. The van der Waals surface area contributed by atoms with E-state index in [2.05, 4.69) is 17.5 Å². The zero-order valence-electron chi connectivity index (χ0n) is 12.7. The summed E-state index contributed by atoms with van der Waals surface area (Å²) in [5.41, 5.74) is 2.62. The van der Waals surface area contributed by atoms with Crippen LogP contribution in [0.4, 0.5) is 10.1 Å². The molecule has 1 heterocycles. The summed E-state index contributed by atoms with van der Waals surface area (Å²) in [7, 11) is 1.64. The van der Waals surface area contributed by atoms with Gasteiger partial charge in [0, 0.05) is 22.1 Å². The van der Waals surface area contributed by atoms with Crippen molar-refractivity contribution in [3.63, 3.8) is 0 Å². The average Bonchev–Trinajstić information content (AvgIpc) is 3.04. The number of hydrogen-bond donors (Lipinski definition) is 1. The number of anilines is 1. The Morgan fingerprint density at radius 1 is 1.22 bits per heavy atom. The van der Waals surface area contributed by atoms with Crippen LogP contribution in [-0.4, -0.2) is 7.11 Å². The maximum Gasteiger partial charge on any atom is 0.142 e. The Morgan fingerprint density at radius 3 is 2.83 bits per heavy atom. The fourth-order valence-electron chi connectivity index (χ4n) is 3.84. The lowest BCUT2D eigenvalue weighted by molar-refractivity contribution is 0.392. The van der Waals surface area contributed by atoms with Crippen molar-refractivity contribution >= 4 is 17.3 Å². The van der Waals surface area contributed by atoms with E-state index >= 15 is 0 Å². The van der Waals surface area contributed by atoms with Gasteiger partial charge in [0.1, 0.15) is 11.6 Å². The predicted octanol–water partition coefficient (Wildman–Crippen LogP) is 5.31. The van der Waals surface area contributed by atoms with Crippen molar-refractivity contribution in [1.29, 1.82) is 0 Å². The molecule has 0 fully saturated rings. The van der Waals surface area contributed by atoms with Crippen LogP contribution >= 0.6 is 11.6 Å². The zero-order valence-corrected chi connectivity index (χ0v) is 13.5. The number of halogens is 2. The molecule has 0 aromatic heterocycles. The molecule has 2 unspecified atom stereocenters. The largest absolute Gasteiger partial charge is 0.495 e. The fraction of sp³-hybridized carbons (Fsp3) is 0.263. The van der Waals surface area contributed by atoms with Crippen LogP contribution in [0.25, 0.3) is 0 Å². The number of hydrogen-bond acceptors (Lipinski definition) is 2. The standard InChI is InChI=1S/C19H17ClFNO/c1-23-16-10-9-14(20)17-11-6-4-7-12(11)18(22-19(16)17)13-5-2-3-8-15(13)21/h2-6,8-12,18,22H,7H2,1H3/t11?,12?,18-/m0/s1. The third-order valence-electron chi connectivity index (χ3n) is 4.89. The molecule has 1 aliphatic carbocycles. The minimum Gasteiger partial charge on any atom is -0.495 e. The molecule has 23 heavy (non-hydrogen) atoms. The summed E-state index contributed by atoms with van der Waals surface area (Å²) in [6, 6.07) is 10.6. The van der Waals surface area contributed by atoms with Crippen LogP contribution < -0.4 is 10.1 Å². The molecule has 0 amide bonds. The topological polar surface area (TPSA) is 21.3 Å². The molecule has 0 saturated carbocycles. The maximum atomic E-state index is 14.4. The van der Waals surface area contributed by atoms with Gasteiger partial charge in [0.05, 0.1) is 18.8 Å². The monoisotopic (exact) mass is 329 g/mol. The van der Waals surface area contributed by atoms with E-state index in [9.17, 15) is 4.39 Å². The number of ether oxygens (including phenoxy) is 1. The van der Waals surface area contributed by atoms with E-state index in [1.165, 1.54) is 6.07 Å². The number of allylic oxidation sites excluding steroid dienone is 2. The normalized spacial score (nSPS) is 24.7. The van der Waals surface area contributed by atoms with Crippen molar-refractivity contribution in [3.8, 4) is 5.75 Å². The first-order valence-corrected chi connectivity index (χ1v) is 8.12. The molecule has 2 aromatic rings. The molecule has 0 bridgehead atoms. The molecule has 4 heteroatoms. The summed E-state index contributed by atoms with van der Waals surface area (Å²) in [6.45, 7) is 0. The lowest BCUT2D eigenvalue weighted by Gasteiger charge is -2.38. The van der Waals surface area contributed by atoms with Crippen LogP contribution in [0.15, 0.2) is 48.6 Å². The van der Waals surface area contributed by atoms with Gasteiger partial charge in [0.25, 0.3) is 0 Å². The first-order chi connectivity index (χ1) is 11.2. The third-order valence-corrected chi connectivity index (χ3v) is 5.22. The van der Waals surface area contributed by atoms with Crippen LogP contribution in [-0.2, 0) is 0 Å². The Hall–Kier alpha value is -2.00. The van der Waals surface area contributed by atoms with Crippen molar-refractivity contribution in [2.24, 2.45) is 5.92 Å². The molecule has 0 spiro atoms. The summed E-state index contributed by atoms with van der Waals surface area (Å²) < 4.78 is 19.8. The van der Waals surface area contributed by atoms with Crippen molar-refractivity contribution in [1.82, 2.24) is 0 Å². The number of benzene rings is 2. The van der Waals surface area contributed by atoms with Gasteiger partial charge in [-0.3, -0.25) is 0 Å². The summed E-state index contributed by atoms with van der Waals surface area (Å²) in [6.07, 6.45) is 5.25. The third kappa shape index (κ3) is 2.22. The first kappa shape index (κ1) is 14.6. The average molecular weight is 330 g/mol. The molecule has 3 atom stereocenters. The molecule has 2 aliphatic rings. The molecule has 0 radical (unpaired) electrons. The maximum absolute atomic E-state index is 14.4. The Morgan fingerprint density at radius 2 is 2.04 bits per heavy atom. The van der Waals surface area contributed by atoms with Gasteiger partial charge in [-0.15, -0.1) is 0 Å². The first-order valence-electron chi connectivity index (χ1n) is 7.74. The summed E-state index contributed by atoms with van der Waals surface area (Å²) in [4.78, 5) is 0. The van der Waals surface area contributed by atoms with Crippen molar-refractivity contribution in [2.75, 3.05) is 12.4 Å². The van der Waals surface area contributed by atoms with E-state index in [1.54, 1.807) is 13.2 Å². The number of rotatable bonds is 2. The molecular weight excluding hydrogens is 313 g/mol. The minimum absolute atomic E-state index is 0.101.